The van der Waals surface area contributed by atoms with Crippen molar-refractivity contribution in [1.29, 1.82) is 0 Å². The van der Waals surface area contributed by atoms with Crippen LogP contribution < -0.4 is 11.1 Å². The van der Waals surface area contributed by atoms with Gasteiger partial charge in [-0.15, -0.1) is 0 Å². The SMILES string of the molecule is C/C=C1/C[N+]2(C)CC[C@@]34c5ccccc5N[C@]32[C@@H](N)C[C@@H]1[C@@]4(CO)C(=O)OC. The number of nitrogens with one attached hydrogen (secondary N) is 1. The van der Waals surface area contributed by atoms with E-state index in [0.717, 1.165) is 35.2 Å². The van der Waals surface area contributed by atoms with Gasteiger partial charge in [-0.2, -0.15) is 0 Å². The molecule has 1 aliphatic carbocycles. The fourth-order valence-corrected chi connectivity index (χ4v) is 7.82. The number of rotatable bonds is 2. The lowest BCUT2D eigenvalue weighted by atomic mass is 9.45. The van der Waals surface area contributed by atoms with Gasteiger partial charge in [0, 0.05) is 18.0 Å². The fourth-order valence-electron chi connectivity index (χ4n) is 7.82. The fraction of sp³-hybridized carbons (Fsp3) is 0.591. The van der Waals surface area contributed by atoms with E-state index in [0.29, 0.717) is 6.42 Å². The number of anilines is 1. The second-order valence-electron chi connectivity index (χ2n) is 9.25. The number of benzene rings is 1. The molecule has 4 bridgehead atoms. The number of ether oxygens (including phenoxy) is 1. The van der Waals surface area contributed by atoms with E-state index in [2.05, 4.69) is 30.6 Å². The van der Waals surface area contributed by atoms with Crippen molar-refractivity contribution < 1.29 is 19.1 Å². The number of methoxy groups -OCH3 is 1. The van der Waals surface area contributed by atoms with Crippen molar-refractivity contribution in [3.8, 4) is 0 Å². The van der Waals surface area contributed by atoms with E-state index < -0.39 is 16.5 Å². The number of aliphatic hydroxyl groups excluding tert-OH is 1. The van der Waals surface area contributed by atoms with E-state index in [1.165, 1.54) is 12.7 Å². The van der Waals surface area contributed by atoms with E-state index in [1.807, 2.05) is 19.1 Å². The van der Waals surface area contributed by atoms with Crippen molar-refractivity contribution in [2.75, 3.05) is 39.2 Å². The van der Waals surface area contributed by atoms with E-state index >= 15 is 0 Å². The van der Waals surface area contributed by atoms with Gasteiger partial charge in [0.1, 0.15) is 12.0 Å². The maximum absolute atomic E-state index is 13.6. The van der Waals surface area contributed by atoms with Gasteiger partial charge in [0.2, 0.25) is 0 Å². The van der Waals surface area contributed by atoms with Gasteiger partial charge in [-0.1, -0.05) is 24.3 Å². The number of hydrogen-bond acceptors (Lipinski definition) is 5. The van der Waals surface area contributed by atoms with Gasteiger partial charge in [0.15, 0.2) is 5.66 Å². The monoisotopic (exact) mass is 384 g/mol. The number of quaternary nitrogens is 1. The Morgan fingerprint density at radius 2 is 2.21 bits per heavy atom. The number of nitrogens with two attached hydrogens (primary N) is 1. The van der Waals surface area contributed by atoms with Crippen molar-refractivity contribution in [3.05, 3.63) is 41.5 Å². The molecule has 1 aromatic rings. The summed E-state index contributed by atoms with van der Waals surface area (Å²) in [5.41, 5.74) is 8.11. The molecule has 5 aliphatic rings. The summed E-state index contributed by atoms with van der Waals surface area (Å²) in [7, 11) is 3.70. The van der Waals surface area contributed by atoms with Crippen LogP contribution >= 0.6 is 0 Å². The lowest BCUT2D eigenvalue weighted by Crippen LogP contribution is -2.80. The van der Waals surface area contributed by atoms with E-state index in [-0.39, 0.29) is 24.5 Å². The number of carbonyl (C=O) groups is 1. The standard InChI is InChI=1S/C22H30N3O3/c1-4-14-12-25(2)10-9-21-15-7-5-6-8-17(15)24-22(21,25)18(23)11-16(14)20(21,13-26)19(27)28-3/h4-8,16,18,24,26H,9-13,23H2,1-3H3/q+1/b14-4-/t16-,18-,20-,21-,22-,25?/m0/s1. The van der Waals surface area contributed by atoms with Crippen molar-refractivity contribution >= 4 is 11.7 Å². The van der Waals surface area contributed by atoms with Crippen LogP contribution in [-0.2, 0) is 14.9 Å². The van der Waals surface area contributed by atoms with Crippen molar-refractivity contribution in [2.24, 2.45) is 17.1 Å². The van der Waals surface area contributed by atoms with Crippen LogP contribution in [0.2, 0.25) is 0 Å². The molecule has 4 fully saturated rings. The Hall–Kier alpha value is -1.89. The number of allylic oxidation sites excluding steroid dienone is 1. The Kier molecular flexibility index (Phi) is 3.49. The highest BCUT2D eigenvalue weighted by atomic mass is 16.5. The number of carbonyl (C=O) groups excluding carboxylic acids is 1. The molecule has 150 valence electrons. The van der Waals surface area contributed by atoms with Crippen LogP contribution in [-0.4, -0.2) is 61.1 Å². The molecule has 4 aliphatic heterocycles. The Bertz CT molecular complexity index is 901. The normalized spacial score (nSPS) is 46.7. The van der Waals surface area contributed by atoms with Crippen LogP contribution in [0.4, 0.5) is 5.69 Å². The minimum Gasteiger partial charge on any atom is -0.468 e. The molecule has 1 aromatic carbocycles. The zero-order chi connectivity index (χ0) is 19.9. The number of aliphatic hydroxyl groups is 1. The molecule has 0 aromatic heterocycles. The largest absolute Gasteiger partial charge is 0.468 e. The maximum Gasteiger partial charge on any atom is 0.316 e. The van der Waals surface area contributed by atoms with Gasteiger partial charge in [-0.25, -0.2) is 0 Å². The molecule has 28 heavy (non-hydrogen) atoms. The Morgan fingerprint density at radius 1 is 1.46 bits per heavy atom. The number of hydrogen-bond donors (Lipinski definition) is 3. The molecule has 1 spiro atoms. The molecule has 1 saturated carbocycles. The average Bonchev–Trinajstić information content (AvgIpc) is 3.12. The molecule has 4 N–H and O–H groups in total. The quantitative estimate of drug-likeness (QED) is 0.407. The Balaban J connectivity index is 1.96. The number of fused-ring (bicyclic) bond motifs is 3. The molecule has 4 heterocycles. The summed E-state index contributed by atoms with van der Waals surface area (Å²) < 4.78 is 6.15. The Morgan fingerprint density at radius 3 is 2.89 bits per heavy atom. The highest BCUT2D eigenvalue weighted by molar-refractivity contribution is 5.85. The summed E-state index contributed by atoms with van der Waals surface area (Å²) in [4.78, 5) is 13.6. The van der Waals surface area contributed by atoms with Crippen molar-refractivity contribution in [3.63, 3.8) is 0 Å². The zero-order valence-electron chi connectivity index (χ0n) is 16.9. The van der Waals surface area contributed by atoms with Crippen LogP contribution in [0.15, 0.2) is 35.9 Å². The predicted octanol–water partition coefficient (Wildman–Crippen LogP) is 1.36. The van der Waals surface area contributed by atoms with Crippen LogP contribution in [0, 0.1) is 11.3 Å². The summed E-state index contributed by atoms with van der Waals surface area (Å²) in [5.74, 6) is -0.448. The minimum atomic E-state index is -1.05. The van der Waals surface area contributed by atoms with Gasteiger partial charge in [0.05, 0.1) is 38.8 Å². The summed E-state index contributed by atoms with van der Waals surface area (Å²) in [6, 6.07) is 8.09. The van der Waals surface area contributed by atoms with Gasteiger partial charge in [-0.05, 0) is 30.5 Å². The third-order valence-corrected chi connectivity index (χ3v) is 8.73. The zero-order valence-corrected chi connectivity index (χ0v) is 16.9. The van der Waals surface area contributed by atoms with Gasteiger partial charge in [0.25, 0.3) is 0 Å². The molecule has 6 heteroatoms. The lowest BCUT2D eigenvalue weighted by molar-refractivity contribution is -0.941. The smallest absolute Gasteiger partial charge is 0.316 e. The summed E-state index contributed by atoms with van der Waals surface area (Å²) in [6.45, 7) is 3.52. The van der Waals surface area contributed by atoms with Gasteiger partial charge < -0.3 is 20.9 Å². The topological polar surface area (TPSA) is 84.6 Å². The maximum atomic E-state index is 13.6. The summed E-state index contributed by atoms with van der Waals surface area (Å²) >= 11 is 0. The summed E-state index contributed by atoms with van der Waals surface area (Å²) in [5, 5.41) is 14.8. The van der Waals surface area contributed by atoms with Crippen molar-refractivity contribution in [1.82, 2.24) is 0 Å². The third kappa shape index (κ3) is 1.52. The summed E-state index contributed by atoms with van der Waals surface area (Å²) in [6.07, 6.45) is 3.59. The molecule has 0 amide bonds. The van der Waals surface area contributed by atoms with E-state index in [9.17, 15) is 9.90 Å². The van der Waals surface area contributed by atoms with Crippen LogP contribution in [0.1, 0.15) is 25.3 Å². The first-order valence-corrected chi connectivity index (χ1v) is 10.2. The molecule has 1 unspecified atom stereocenters. The lowest BCUT2D eigenvalue weighted by Gasteiger charge is -2.59. The highest BCUT2D eigenvalue weighted by Gasteiger charge is 2.87. The second kappa shape index (κ2) is 5.38. The molecule has 0 radical (unpaired) electrons. The number of likely N-dealkylation sites (N-methyl/N-ethyl adjacent to an activating group) is 1. The molecule has 6 atom stereocenters. The molecular formula is C22H30N3O3+. The number of esters is 1. The van der Waals surface area contributed by atoms with E-state index in [1.54, 1.807) is 0 Å². The third-order valence-electron chi connectivity index (χ3n) is 8.73. The molecule has 6 rings (SSSR count). The Labute approximate surface area is 165 Å². The van der Waals surface area contributed by atoms with E-state index in [4.69, 9.17) is 10.5 Å². The number of para-hydroxylation sites is 1. The van der Waals surface area contributed by atoms with Gasteiger partial charge in [-0.3, -0.25) is 9.28 Å². The predicted molar refractivity (Wildman–Crippen MR) is 106 cm³/mol. The molecule has 3 saturated heterocycles. The van der Waals surface area contributed by atoms with Crippen LogP contribution in [0.25, 0.3) is 0 Å². The second-order valence-corrected chi connectivity index (χ2v) is 9.25. The molecule has 6 nitrogen and oxygen atoms in total. The van der Waals surface area contributed by atoms with Crippen LogP contribution in [0.3, 0.4) is 0 Å². The highest BCUT2D eigenvalue weighted by Crippen LogP contribution is 2.73. The first kappa shape index (κ1) is 18.2. The molecular weight excluding hydrogens is 354 g/mol. The number of nitrogens with zero attached hydrogens (tertiary/aromatic N) is 1. The first-order chi connectivity index (χ1) is 13.4. The first-order valence-electron chi connectivity index (χ1n) is 10.2. The minimum absolute atomic E-state index is 0.133. The van der Waals surface area contributed by atoms with Gasteiger partial charge >= 0.3 is 5.97 Å². The average molecular weight is 385 g/mol. The van der Waals surface area contributed by atoms with Crippen LogP contribution in [0.5, 0.6) is 0 Å². The van der Waals surface area contributed by atoms with Crippen molar-refractivity contribution in [2.45, 2.75) is 36.9 Å².